The molecule has 0 saturated carbocycles. The molecule has 1 aromatic carbocycles. The number of anilines is 2. The van der Waals surface area contributed by atoms with E-state index < -0.39 is 0 Å². The third-order valence-corrected chi connectivity index (χ3v) is 1.82. The summed E-state index contributed by atoms with van der Waals surface area (Å²) < 4.78 is 0. The zero-order chi connectivity index (χ0) is 10.4. The van der Waals surface area contributed by atoms with Gasteiger partial charge in [0, 0.05) is 6.54 Å². The fraction of sp³-hybridized carbons (Fsp3) is 0.200. The van der Waals surface area contributed by atoms with Gasteiger partial charge < -0.3 is 0 Å². The number of rotatable bonds is 3. The number of hydrogen-bond acceptors (Lipinski definition) is 4. The Labute approximate surface area is 83.0 Å². The van der Waals surface area contributed by atoms with Crippen molar-refractivity contribution in [3.05, 3.63) is 24.3 Å². The van der Waals surface area contributed by atoms with Crippen LogP contribution in [0.1, 0.15) is 6.92 Å². The third-order valence-electron chi connectivity index (χ3n) is 1.82. The molecule has 70 valence electrons. The predicted octanol–water partition coefficient (Wildman–Crippen LogP) is 1.89. The van der Waals surface area contributed by atoms with E-state index in [1.54, 1.807) is 12.1 Å². The first-order valence-corrected chi connectivity index (χ1v) is 4.25. The quantitative estimate of drug-likeness (QED) is 0.578. The van der Waals surface area contributed by atoms with Crippen molar-refractivity contribution in [1.82, 2.24) is 0 Å². The molecule has 4 heteroatoms. The van der Waals surface area contributed by atoms with Crippen molar-refractivity contribution in [3.8, 4) is 12.4 Å². The monoisotopic (exact) mass is 186 g/mol. The van der Waals surface area contributed by atoms with Crippen LogP contribution in [-0.4, -0.2) is 6.54 Å². The van der Waals surface area contributed by atoms with Crippen LogP contribution in [0.4, 0.5) is 11.4 Å². The molecule has 0 bridgehead atoms. The number of nitrogens with zero attached hydrogens (tertiary/aromatic N) is 3. The minimum atomic E-state index is 0.584. The first-order valence-electron chi connectivity index (χ1n) is 4.25. The maximum atomic E-state index is 8.84. The van der Waals surface area contributed by atoms with E-state index >= 15 is 0 Å². The summed E-state index contributed by atoms with van der Waals surface area (Å²) in [5, 5.41) is 19.9. The van der Waals surface area contributed by atoms with Gasteiger partial charge in [0.2, 0.25) is 0 Å². The van der Waals surface area contributed by atoms with Crippen LogP contribution in [-0.2, 0) is 0 Å². The van der Waals surface area contributed by atoms with Crippen molar-refractivity contribution in [1.29, 1.82) is 10.5 Å². The largest absolute Gasteiger partial charge is 0.291 e. The predicted molar refractivity (Wildman–Crippen MR) is 54.3 cm³/mol. The second-order valence-electron chi connectivity index (χ2n) is 2.60. The van der Waals surface area contributed by atoms with Crippen LogP contribution < -0.4 is 10.2 Å². The summed E-state index contributed by atoms with van der Waals surface area (Å²) in [4.78, 5) is 1.51. The zero-order valence-electron chi connectivity index (χ0n) is 7.86. The molecule has 0 atom stereocenters. The molecular weight excluding hydrogens is 176 g/mol. The zero-order valence-corrected chi connectivity index (χ0v) is 7.86. The van der Waals surface area contributed by atoms with E-state index in [2.05, 4.69) is 11.5 Å². The van der Waals surface area contributed by atoms with Gasteiger partial charge >= 0.3 is 0 Å². The van der Waals surface area contributed by atoms with Crippen molar-refractivity contribution in [2.45, 2.75) is 6.92 Å². The Morgan fingerprint density at radius 1 is 1.36 bits per heavy atom. The molecule has 0 heterocycles. The topological polar surface area (TPSA) is 62.9 Å². The maximum absolute atomic E-state index is 8.84. The lowest BCUT2D eigenvalue weighted by Gasteiger charge is -2.15. The van der Waals surface area contributed by atoms with Gasteiger partial charge in [-0.15, -0.1) is 0 Å². The normalized spacial score (nSPS) is 8.50. The molecule has 1 rings (SSSR count). The van der Waals surface area contributed by atoms with Crippen molar-refractivity contribution in [3.63, 3.8) is 0 Å². The second-order valence-corrected chi connectivity index (χ2v) is 2.60. The van der Waals surface area contributed by atoms with Gasteiger partial charge in [-0.3, -0.25) is 10.2 Å². The molecule has 0 saturated heterocycles. The van der Waals surface area contributed by atoms with Gasteiger partial charge in [0.25, 0.3) is 0 Å². The minimum absolute atomic E-state index is 0.584. The smallest absolute Gasteiger partial charge is 0.184 e. The minimum Gasteiger partial charge on any atom is -0.291 e. The average molecular weight is 186 g/mol. The van der Waals surface area contributed by atoms with Gasteiger partial charge in [-0.25, -0.2) is 0 Å². The number of para-hydroxylation sites is 2. The molecule has 0 fully saturated rings. The van der Waals surface area contributed by atoms with Crippen LogP contribution in [0.3, 0.4) is 0 Å². The van der Waals surface area contributed by atoms with Crippen LogP contribution in [0, 0.1) is 22.9 Å². The molecule has 1 N–H and O–H groups in total. The Morgan fingerprint density at radius 2 is 2.07 bits per heavy atom. The summed E-state index contributed by atoms with van der Waals surface area (Å²) in [6.45, 7) is 2.47. The Bertz CT molecular complexity index is 386. The molecule has 0 aliphatic rings. The molecule has 0 spiro atoms. The Morgan fingerprint density at radius 3 is 2.64 bits per heavy atom. The number of nitrogens with one attached hydrogen (secondary N) is 1. The van der Waals surface area contributed by atoms with Gasteiger partial charge in [-0.05, 0) is 19.1 Å². The van der Waals surface area contributed by atoms with Crippen LogP contribution >= 0.6 is 0 Å². The van der Waals surface area contributed by atoms with E-state index in [0.717, 1.165) is 5.69 Å². The first-order chi connectivity index (χ1) is 6.83. The van der Waals surface area contributed by atoms with Gasteiger partial charge in [0.15, 0.2) is 12.4 Å². The standard InChI is InChI=1S/C10H10N4/c1-2-14(8-12)10-6-4-3-5-9(10)13-7-11/h3-6,13H,2H2,1H3. The molecule has 0 amide bonds. The van der Waals surface area contributed by atoms with Crippen molar-refractivity contribution < 1.29 is 0 Å². The molecule has 0 aromatic heterocycles. The van der Waals surface area contributed by atoms with E-state index in [1.165, 1.54) is 4.90 Å². The summed E-state index contributed by atoms with van der Waals surface area (Å²) in [6, 6.07) is 7.21. The highest BCUT2D eigenvalue weighted by Crippen LogP contribution is 2.24. The summed E-state index contributed by atoms with van der Waals surface area (Å²) in [5.74, 6) is 0. The number of nitriles is 2. The van der Waals surface area contributed by atoms with Gasteiger partial charge in [-0.1, -0.05) is 12.1 Å². The van der Waals surface area contributed by atoms with E-state index in [4.69, 9.17) is 10.5 Å². The van der Waals surface area contributed by atoms with E-state index in [0.29, 0.717) is 12.2 Å². The van der Waals surface area contributed by atoms with E-state index in [-0.39, 0.29) is 0 Å². The fourth-order valence-electron chi connectivity index (χ4n) is 1.17. The number of hydrogen-bond donors (Lipinski definition) is 1. The molecule has 0 unspecified atom stereocenters. The van der Waals surface area contributed by atoms with Crippen LogP contribution in [0.5, 0.6) is 0 Å². The van der Waals surface area contributed by atoms with Gasteiger partial charge in [-0.2, -0.15) is 10.5 Å². The average Bonchev–Trinajstić information content (AvgIpc) is 2.23. The van der Waals surface area contributed by atoms with Gasteiger partial charge in [0.1, 0.15) is 0 Å². The summed E-state index contributed by atoms with van der Waals surface area (Å²) in [7, 11) is 0. The van der Waals surface area contributed by atoms with E-state index in [9.17, 15) is 0 Å². The lowest BCUT2D eigenvalue weighted by molar-refractivity contribution is 1.03. The highest BCUT2D eigenvalue weighted by Gasteiger charge is 2.07. The van der Waals surface area contributed by atoms with Crippen molar-refractivity contribution in [2.24, 2.45) is 0 Å². The summed E-state index contributed by atoms with van der Waals surface area (Å²) in [6.07, 6.45) is 3.89. The molecule has 0 radical (unpaired) electrons. The summed E-state index contributed by atoms with van der Waals surface area (Å²) in [5.41, 5.74) is 1.37. The highest BCUT2D eigenvalue weighted by atomic mass is 15.1. The third kappa shape index (κ3) is 1.94. The van der Waals surface area contributed by atoms with Crippen molar-refractivity contribution in [2.75, 3.05) is 16.8 Å². The highest BCUT2D eigenvalue weighted by molar-refractivity contribution is 5.72. The van der Waals surface area contributed by atoms with Crippen LogP contribution in [0.2, 0.25) is 0 Å². The van der Waals surface area contributed by atoms with Crippen LogP contribution in [0.15, 0.2) is 24.3 Å². The molecular formula is C10H10N4. The molecule has 4 nitrogen and oxygen atoms in total. The number of benzene rings is 1. The Balaban J connectivity index is 3.07. The van der Waals surface area contributed by atoms with Crippen molar-refractivity contribution >= 4 is 11.4 Å². The molecule has 0 aliphatic heterocycles. The Kier molecular flexibility index (Phi) is 3.34. The second kappa shape index (κ2) is 4.74. The maximum Gasteiger partial charge on any atom is 0.184 e. The first kappa shape index (κ1) is 9.88. The molecule has 1 aromatic rings. The summed E-state index contributed by atoms with van der Waals surface area (Å²) >= 11 is 0. The lowest BCUT2D eigenvalue weighted by atomic mass is 10.2. The van der Waals surface area contributed by atoms with Gasteiger partial charge in [0.05, 0.1) is 11.4 Å². The fourth-order valence-corrected chi connectivity index (χ4v) is 1.17. The molecule has 14 heavy (non-hydrogen) atoms. The Hall–Kier alpha value is -2.20. The van der Waals surface area contributed by atoms with E-state index in [1.807, 2.05) is 25.2 Å². The SMILES string of the molecule is CCN(C#N)c1ccccc1NC#N. The molecule has 0 aliphatic carbocycles. The van der Waals surface area contributed by atoms with Crippen LogP contribution in [0.25, 0.3) is 0 Å². The lowest BCUT2D eigenvalue weighted by Crippen LogP contribution is -2.16.